The van der Waals surface area contributed by atoms with Crippen molar-refractivity contribution >= 4 is 10.8 Å². The van der Waals surface area contributed by atoms with Crippen molar-refractivity contribution in [3.05, 3.63) is 109 Å². The second-order valence-electron chi connectivity index (χ2n) is 6.76. The highest BCUT2D eigenvalue weighted by Gasteiger charge is 2.11. The van der Waals surface area contributed by atoms with Crippen LogP contribution in [0.25, 0.3) is 44.4 Å². The minimum atomic E-state index is 0.960. The molecule has 2 aromatic heterocycles. The van der Waals surface area contributed by atoms with Gasteiger partial charge in [-0.1, -0.05) is 60.7 Å². The molecular formula is C26H18N2. The highest BCUT2D eigenvalue weighted by Crippen LogP contribution is 2.34. The maximum atomic E-state index is 4.73. The van der Waals surface area contributed by atoms with E-state index in [2.05, 4.69) is 77.8 Å². The number of hydrogen-bond acceptors (Lipinski definition) is 2. The highest BCUT2D eigenvalue weighted by atomic mass is 14.7. The topological polar surface area (TPSA) is 25.8 Å². The third-order valence-electron chi connectivity index (χ3n) is 4.95. The maximum absolute atomic E-state index is 4.73. The first kappa shape index (κ1) is 16.4. The fourth-order valence-electron chi connectivity index (χ4n) is 3.59. The molecule has 0 fully saturated rings. The Bertz CT molecular complexity index is 1180. The number of fused-ring (bicyclic) bond motifs is 1. The zero-order valence-electron chi connectivity index (χ0n) is 15.3. The second-order valence-corrected chi connectivity index (χ2v) is 6.76. The van der Waals surface area contributed by atoms with Gasteiger partial charge in [-0.05, 0) is 52.9 Å². The van der Waals surface area contributed by atoms with Crippen molar-refractivity contribution in [1.29, 1.82) is 0 Å². The molecule has 2 heteroatoms. The smallest absolute Gasteiger partial charge is 0.0780 e. The molecule has 2 heterocycles. The molecule has 0 aliphatic carbocycles. The molecule has 0 aliphatic heterocycles. The van der Waals surface area contributed by atoms with Gasteiger partial charge in [0.2, 0.25) is 0 Å². The summed E-state index contributed by atoms with van der Waals surface area (Å²) in [5.41, 5.74) is 6.48. The van der Waals surface area contributed by atoms with Crippen LogP contribution < -0.4 is 0 Å². The molecule has 0 spiro atoms. The van der Waals surface area contributed by atoms with Crippen molar-refractivity contribution in [2.24, 2.45) is 0 Å². The van der Waals surface area contributed by atoms with Crippen molar-refractivity contribution < 1.29 is 0 Å². The molecule has 0 amide bonds. The maximum Gasteiger partial charge on any atom is 0.0780 e. The van der Waals surface area contributed by atoms with Crippen LogP contribution in [0.5, 0.6) is 0 Å². The summed E-state index contributed by atoms with van der Waals surface area (Å²) in [4.78, 5) is 9.29. The van der Waals surface area contributed by atoms with Gasteiger partial charge in [-0.15, -0.1) is 0 Å². The highest BCUT2D eigenvalue weighted by molar-refractivity contribution is 5.96. The first-order chi connectivity index (χ1) is 13.9. The van der Waals surface area contributed by atoms with Gasteiger partial charge in [0.25, 0.3) is 0 Å². The summed E-state index contributed by atoms with van der Waals surface area (Å²) >= 11 is 0. The molecule has 0 aliphatic rings. The lowest BCUT2D eigenvalue weighted by atomic mass is 9.95. The lowest BCUT2D eigenvalue weighted by molar-refractivity contribution is 1.32. The van der Waals surface area contributed by atoms with E-state index in [0.717, 1.165) is 33.5 Å². The molecule has 3 aromatic carbocycles. The van der Waals surface area contributed by atoms with Crippen LogP contribution in [0.2, 0.25) is 0 Å². The Balaban J connectivity index is 1.78. The van der Waals surface area contributed by atoms with Gasteiger partial charge < -0.3 is 0 Å². The first-order valence-electron chi connectivity index (χ1n) is 9.34. The monoisotopic (exact) mass is 358 g/mol. The fraction of sp³-hybridized carbons (Fsp3) is 0. The van der Waals surface area contributed by atoms with Gasteiger partial charge >= 0.3 is 0 Å². The predicted octanol–water partition coefficient (Wildman–Crippen LogP) is 6.63. The van der Waals surface area contributed by atoms with Crippen LogP contribution in [0.3, 0.4) is 0 Å². The Morgan fingerprint density at radius 2 is 1.21 bits per heavy atom. The number of benzene rings is 3. The number of hydrogen-bond donors (Lipinski definition) is 0. The van der Waals surface area contributed by atoms with E-state index in [1.54, 1.807) is 0 Å². The summed E-state index contributed by atoms with van der Waals surface area (Å²) in [5, 5.41) is 2.35. The van der Waals surface area contributed by atoms with E-state index in [0.29, 0.717) is 0 Å². The molecular weight excluding hydrogens is 340 g/mol. The minimum absolute atomic E-state index is 0.960. The summed E-state index contributed by atoms with van der Waals surface area (Å²) in [6.07, 6.45) is 3.72. The van der Waals surface area contributed by atoms with Gasteiger partial charge in [0.1, 0.15) is 0 Å². The Hall–Kier alpha value is -3.78. The van der Waals surface area contributed by atoms with Gasteiger partial charge in [0.15, 0.2) is 0 Å². The lowest BCUT2D eigenvalue weighted by Crippen LogP contribution is -1.90. The molecule has 5 aromatic rings. The van der Waals surface area contributed by atoms with Crippen LogP contribution >= 0.6 is 0 Å². The predicted molar refractivity (Wildman–Crippen MR) is 116 cm³/mol. The van der Waals surface area contributed by atoms with Crippen molar-refractivity contribution in [2.45, 2.75) is 0 Å². The van der Waals surface area contributed by atoms with Gasteiger partial charge in [-0.3, -0.25) is 9.97 Å². The standard InChI is InChI=1S/C26H18N2/c1-2-8-19(9-3-1)21-16-22(25-12-6-7-14-27-25)18-23(17-21)26-24-11-5-4-10-20(24)13-15-28-26/h1-18H. The van der Waals surface area contributed by atoms with E-state index < -0.39 is 0 Å². The number of nitrogens with zero attached hydrogens (tertiary/aromatic N) is 2. The molecule has 0 bridgehead atoms. The summed E-state index contributed by atoms with van der Waals surface area (Å²) in [7, 11) is 0. The van der Waals surface area contributed by atoms with Crippen LogP contribution in [0, 0.1) is 0 Å². The van der Waals surface area contributed by atoms with Crippen LogP contribution in [0.4, 0.5) is 0 Å². The van der Waals surface area contributed by atoms with E-state index in [4.69, 9.17) is 4.98 Å². The van der Waals surface area contributed by atoms with Gasteiger partial charge in [0, 0.05) is 28.9 Å². The molecule has 0 atom stereocenters. The Morgan fingerprint density at radius 3 is 2.07 bits per heavy atom. The zero-order chi connectivity index (χ0) is 18.8. The van der Waals surface area contributed by atoms with Crippen LogP contribution in [-0.2, 0) is 0 Å². The fourth-order valence-corrected chi connectivity index (χ4v) is 3.59. The normalized spacial score (nSPS) is 10.9. The van der Waals surface area contributed by atoms with E-state index >= 15 is 0 Å². The van der Waals surface area contributed by atoms with E-state index in [9.17, 15) is 0 Å². The lowest BCUT2D eigenvalue weighted by Gasteiger charge is -2.12. The quantitative estimate of drug-likeness (QED) is 0.362. The summed E-state index contributed by atoms with van der Waals surface area (Å²) in [5.74, 6) is 0. The van der Waals surface area contributed by atoms with Crippen molar-refractivity contribution in [1.82, 2.24) is 9.97 Å². The largest absolute Gasteiger partial charge is 0.256 e. The molecule has 0 N–H and O–H groups in total. The third-order valence-corrected chi connectivity index (χ3v) is 4.95. The van der Waals surface area contributed by atoms with E-state index in [1.807, 2.05) is 36.7 Å². The van der Waals surface area contributed by atoms with E-state index in [-0.39, 0.29) is 0 Å². The SMILES string of the molecule is c1ccc(-c2cc(-c3ccccn3)cc(-c3nccc4ccccc34)c2)cc1. The van der Waals surface area contributed by atoms with Gasteiger partial charge in [-0.2, -0.15) is 0 Å². The third kappa shape index (κ3) is 3.06. The summed E-state index contributed by atoms with van der Waals surface area (Å²) in [6.45, 7) is 0. The molecule has 0 saturated heterocycles. The number of pyridine rings is 2. The molecule has 0 unspecified atom stereocenters. The average molecular weight is 358 g/mol. The van der Waals surface area contributed by atoms with Crippen molar-refractivity contribution in [2.75, 3.05) is 0 Å². The van der Waals surface area contributed by atoms with Gasteiger partial charge in [0.05, 0.1) is 11.4 Å². The van der Waals surface area contributed by atoms with Crippen LogP contribution in [-0.4, -0.2) is 9.97 Å². The van der Waals surface area contributed by atoms with Crippen LogP contribution in [0.1, 0.15) is 0 Å². The van der Waals surface area contributed by atoms with Crippen molar-refractivity contribution in [3.8, 4) is 33.6 Å². The summed E-state index contributed by atoms with van der Waals surface area (Å²) < 4.78 is 0. The molecule has 28 heavy (non-hydrogen) atoms. The van der Waals surface area contributed by atoms with Gasteiger partial charge in [-0.25, -0.2) is 0 Å². The Morgan fingerprint density at radius 1 is 0.464 bits per heavy atom. The van der Waals surface area contributed by atoms with Crippen LogP contribution in [0.15, 0.2) is 109 Å². The Kier molecular flexibility index (Phi) is 4.15. The number of rotatable bonds is 3. The van der Waals surface area contributed by atoms with E-state index in [1.165, 1.54) is 10.9 Å². The Labute approximate surface area is 164 Å². The molecule has 5 rings (SSSR count). The minimum Gasteiger partial charge on any atom is -0.256 e. The summed E-state index contributed by atoms with van der Waals surface area (Å²) in [6, 6.07) is 33.5. The molecule has 0 radical (unpaired) electrons. The first-order valence-corrected chi connectivity index (χ1v) is 9.34. The number of aromatic nitrogens is 2. The second kappa shape index (κ2) is 7.09. The molecule has 2 nitrogen and oxygen atoms in total. The zero-order valence-corrected chi connectivity index (χ0v) is 15.3. The van der Waals surface area contributed by atoms with Crippen molar-refractivity contribution in [3.63, 3.8) is 0 Å². The average Bonchev–Trinajstić information content (AvgIpc) is 2.79. The molecule has 132 valence electrons. The molecule has 0 saturated carbocycles.